The predicted octanol–water partition coefficient (Wildman–Crippen LogP) is 3.32. The lowest BCUT2D eigenvalue weighted by molar-refractivity contribution is -0.0169. The molecule has 1 atom stereocenters. The molecule has 1 fully saturated rings. The van der Waals surface area contributed by atoms with Gasteiger partial charge in [-0.25, -0.2) is 9.97 Å². The number of anilines is 2. The zero-order valence-corrected chi connectivity index (χ0v) is 25.6. The van der Waals surface area contributed by atoms with Gasteiger partial charge in [-0.05, 0) is 30.9 Å². The molecule has 0 bridgehead atoms. The van der Waals surface area contributed by atoms with Crippen LogP contribution in [0.2, 0.25) is 0 Å². The van der Waals surface area contributed by atoms with Crippen LogP contribution in [0.15, 0.2) is 53.9 Å². The standard InChI is InChI=1S/C32H40N10O2/c1-22-21-41(14-17-44-22)13-11-34-19-26(18-33)23-4-6-24(7-5-23)31-29-27(38-40(31)2)9-8-25-20-35-32(37-30(25)29)36-28-10-12-42(39-28)15-16-43-3/h4-7,10,12,18-20,22H,8-9,11,13-17,21,33H2,1-3H3,(H,35,36,37,39)/b26-18+,34-19?/t22-/m0/s1. The van der Waals surface area contributed by atoms with Crippen LogP contribution >= 0.6 is 0 Å². The molecule has 1 saturated heterocycles. The van der Waals surface area contributed by atoms with Crippen molar-refractivity contribution in [2.45, 2.75) is 32.4 Å². The predicted molar refractivity (Wildman–Crippen MR) is 172 cm³/mol. The first-order valence-electron chi connectivity index (χ1n) is 15.1. The maximum atomic E-state index is 6.02. The molecule has 2 aliphatic rings. The highest BCUT2D eigenvalue weighted by Crippen LogP contribution is 2.39. The van der Waals surface area contributed by atoms with Crippen LogP contribution < -0.4 is 11.1 Å². The number of ether oxygens (including phenoxy) is 2. The number of hydrogen-bond donors (Lipinski definition) is 2. The molecule has 12 heteroatoms. The molecule has 3 aromatic heterocycles. The van der Waals surface area contributed by atoms with Crippen molar-refractivity contribution >= 4 is 23.6 Å². The molecule has 230 valence electrons. The Morgan fingerprint density at radius 1 is 1.18 bits per heavy atom. The Kier molecular flexibility index (Phi) is 9.10. The number of benzene rings is 1. The highest BCUT2D eigenvalue weighted by molar-refractivity contribution is 6.09. The number of hydrogen-bond acceptors (Lipinski definition) is 10. The molecule has 44 heavy (non-hydrogen) atoms. The van der Waals surface area contributed by atoms with Gasteiger partial charge >= 0.3 is 0 Å². The lowest BCUT2D eigenvalue weighted by Gasteiger charge is -2.30. The third-order valence-electron chi connectivity index (χ3n) is 8.03. The summed E-state index contributed by atoms with van der Waals surface area (Å²) in [6.45, 7) is 7.69. The van der Waals surface area contributed by atoms with Crippen molar-refractivity contribution in [2.24, 2.45) is 17.8 Å². The van der Waals surface area contributed by atoms with E-state index in [1.165, 1.54) is 0 Å². The van der Waals surface area contributed by atoms with Gasteiger partial charge in [0.1, 0.15) is 0 Å². The van der Waals surface area contributed by atoms with E-state index in [-0.39, 0.29) is 6.10 Å². The molecule has 3 N–H and O–H groups in total. The number of morpholine rings is 1. The Morgan fingerprint density at radius 3 is 2.84 bits per heavy atom. The number of nitrogens with one attached hydrogen (secondary N) is 1. The quantitative estimate of drug-likeness (QED) is 0.250. The van der Waals surface area contributed by atoms with Crippen LogP contribution in [-0.2, 0) is 35.9 Å². The summed E-state index contributed by atoms with van der Waals surface area (Å²) >= 11 is 0. The van der Waals surface area contributed by atoms with E-state index in [2.05, 4.69) is 56.5 Å². The second kappa shape index (κ2) is 13.5. The number of nitrogens with zero attached hydrogens (tertiary/aromatic N) is 8. The van der Waals surface area contributed by atoms with Crippen molar-refractivity contribution in [3.05, 3.63) is 65.7 Å². The van der Waals surface area contributed by atoms with Crippen LogP contribution in [0.25, 0.3) is 28.1 Å². The monoisotopic (exact) mass is 596 g/mol. The van der Waals surface area contributed by atoms with Crippen LogP contribution in [0.1, 0.15) is 23.7 Å². The van der Waals surface area contributed by atoms with Gasteiger partial charge in [0.2, 0.25) is 5.95 Å². The summed E-state index contributed by atoms with van der Waals surface area (Å²) in [5.41, 5.74) is 14.1. The third-order valence-corrected chi connectivity index (χ3v) is 8.03. The highest BCUT2D eigenvalue weighted by atomic mass is 16.5. The molecule has 0 radical (unpaired) electrons. The zero-order valence-electron chi connectivity index (χ0n) is 25.6. The number of fused-ring (bicyclic) bond motifs is 3. The van der Waals surface area contributed by atoms with Gasteiger partial charge in [0.25, 0.3) is 0 Å². The first-order valence-corrected chi connectivity index (χ1v) is 15.1. The molecule has 6 rings (SSSR count). The summed E-state index contributed by atoms with van der Waals surface area (Å²) in [6, 6.07) is 10.3. The van der Waals surface area contributed by atoms with Gasteiger partial charge in [0, 0.05) is 81.4 Å². The normalized spacial score (nSPS) is 17.2. The fourth-order valence-electron chi connectivity index (χ4n) is 5.80. The van der Waals surface area contributed by atoms with Gasteiger partial charge in [0.05, 0.1) is 49.5 Å². The smallest absolute Gasteiger partial charge is 0.228 e. The van der Waals surface area contributed by atoms with Crippen LogP contribution in [0.3, 0.4) is 0 Å². The first-order chi connectivity index (χ1) is 21.5. The molecule has 1 aliphatic heterocycles. The van der Waals surface area contributed by atoms with E-state index in [0.717, 1.165) is 90.5 Å². The van der Waals surface area contributed by atoms with Gasteiger partial charge < -0.3 is 20.5 Å². The van der Waals surface area contributed by atoms with Gasteiger partial charge in [-0.2, -0.15) is 10.2 Å². The lowest BCUT2D eigenvalue weighted by Crippen LogP contribution is -2.42. The number of aliphatic imine (C=N–C) groups is 1. The van der Waals surface area contributed by atoms with Crippen molar-refractivity contribution in [2.75, 3.05) is 51.8 Å². The second-order valence-corrected chi connectivity index (χ2v) is 11.2. The third kappa shape index (κ3) is 6.57. The fraction of sp³-hybridized carbons (Fsp3) is 0.406. The molecule has 1 aromatic carbocycles. The number of rotatable bonds is 11. The van der Waals surface area contributed by atoms with Gasteiger partial charge in [-0.3, -0.25) is 19.3 Å². The summed E-state index contributed by atoms with van der Waals surface area (Å²) < 4.78 is 14.6. The van der Waals surface area contributed by atoms with Gasteiger partial charge in [0.15, 0.2) is 5.82 Å². The Labute approximate surface area is 257 Å². The van der Waals surface area contributed by atoms with E-state index in [0.29, 0.717) is 24.9 Å². The number of allylic oxidation sites excluding steroid dienone is 1. The van der Waals surface area contributed by atoms with E-state index < -0.39 is 0 Å². The molecule has 1 aliphatic carbocycles. The Balaban J connectivity index is 1.19. The van der Waals surface area contributed by atoms with Crippen LogP contribution in [0, 0.1) is 0 Å². The Morgan fingerprint density at radius 2 is 2.05 bits per heavy atom. The summed E-state index contributed by atoms with van der Waals surface area (Å²) in [5, 5.41) is 12.7. The molecular weight excluding hydrogens is 556 g/mol. The van der Waals surface area contributed by atoms with Gasteiger partial charge in [-0.1, -0.05) is 24.3 Å². The summed E-state index contributed by atoms with van der Waals surface area (Å²) in [7, 11) is 3.67. The minimum absolute atomic E-state index is 0.276. The van der Waals surface area contributed by atoms with Crippen molar-refractivity contribution in [3.8, 4) is 22.5 Å². The molecule has 0 unspecified atom stereocenters. The van der Waals surface area contributed by atoms with Crippen molar-refractivity contribution < 1.29 is 9.47 Å². The number of nitrogens with two attached hydrogens (primary N) is 1. The maximum absolute atomic E-state index is 6.02. The van der Waals surface area contributed by atoms with Crippen LogP contribution in [-0.4, -0.2) is 93.2 Å². The second-order valence-electron chi connectivity index (χ2n) is 11.2. The summed E-state index contributed by atoms with van der Waals surface area (Å²) in [5.74, 6) is 1.18. The Hall–Kier alpha value is -4.39. The minimum Gasteiger partial charge on any atom is -0.404 e. The van der Waals surface area contributed by atoms with Crippen molar-refractivity contribution in [3.63, 3.8) is 0 Å². The first kappa shape index (κ1) is 29.7. The number of aromatic nitrogens is 6. The summed E-state index contributed by atoms with van der Waals surface area (Å²) in [4.78, 5) is 16.6. The van der Waals surface area contributed by atoms with Crippen molar-refractivity contribution in [1.82, 2.24) is 34.4 Å². The molecule has 0 saturated carbocycles. The Bertz CT molecular complexity index is 1640. The van der Waals surface area contributed by atoms with E-state index in [1.807, 2.05) is 41.1 Å². The maximum Gasteiger partial charge on any atom is 0.228 e. The molecule has 4 aromatic rings. The van der Waals surface area contributed by atoms with E-state index >= 15 is 0 Å². The SMILES string of the molecule is COCCn1ccc(Nc2ncc3c(n2)-c2c(nn(C)c2-c2ccc(/C(C=NCCN4CCO[C@@H](C)C4)=C/N)cc2)CC3)n1. The van der Waals surface area contributed by atoms with Crippen molar-refractivity contribution in [1.29, 1.82) is 0 Å². The average Bonchev–Trinajstić information content (AvgIpc) is 3.63. The molecule has 0 amide bonds. The topological polar surface area (TPSA) is 134 Å². The summed E-state index contributed by atoms with van der Waals surface area (Å²) in [6.07, 6.45) is 9.26. The number of aryl methyl sites for hydroxylation is 3. The fourth-order valence-corrected chi connectivity index (χ4v) is 5.80. The number of methoxy groups -OCH3 is 1. The molecule has 4 heterocycles. The van der Waals surface area contributed by atoms with E-state index in [4.69, 9.17) is 25.3 Å². The molecule has 0 spiro atoms. The van der Waals surface area contributed by atoms with Crippen LogP contribution in [0.4, 0.5) is 11.8 Å². The average molecular weight is 597 g/mol. The van der Waals surface area contributed by atoms with Crippen LogP contribution in [0.5, 0.6) is 0 Å². The lowest BCUT2D eigenvalue weighted by atomic mass is 9.91. The molecular formula is C32H40N10O2. The van der Waals surface area contributed by atoms with Gasteiger partial charge in [-0.15, -0.1) is 0 Å². The zero-order chi connectivity index (χ0) is 30.5. The molecule has 12 nitrogen and oxygen atoms in total. The van der Waals surface area contributed by atoms with E-state index in [1.54, 1.807) is 13.3 Å². The van der Waals surface area contributed by atoms with E-state index in [9.17, 15) is 0 Å². The highest BCUT2D eigenvalue weighted by Gasteiger charge is 2.27. The minimum atomic E-state index is 0.276. The largest absolute Gasteiger partial charge is 0.404 e.